The van der Waals surface area contributed by atoms with Crippen LogP contribution < -0.4 is 10.6 Å². The van der Waals surface area contributed by atoms with E-state index in [0.717, 1.165) is 12.1 Å². The molecule has 2 aliphatic rings. The average Bonchev–Trinajstić information content (AvgIpc) is 2.90. The summed E-state index contributed by atoms with van der Waals surface area (Å²) >= 11 is 0. The van der Waals surface area contributed by atoms with E-state index in [-0.39, 0.29) is 0 Å². The predicted molar refractivity (Wildman–Crippen MR) is 88.6 cm³/mol. The molecule has 1 heterocycles. The van der Waals surface area contributed by atoms with Gasteiger partial charge < -0.3 is 10.6 Å². The van der Waals surface area contributed by atoms with Gasteiger partial charge in [-0.3, -0.25) is 0 Å². The molecule has 108 valence electrons. The monoisotopic (exact) mass is 278 g/mol. The van der Waals surface area contributed by atoms with Crippen LogP contribution in [0.2, 0.25) is 0 Å². The van der Waals surface area contributed by atoms with E-state index in [0.29, 0.717) is 12.1 Å². The highest BCUT2D eigenvalue weighted by Crippen LogP contribution is 2.43. The van der Waals surface area contributed by atoms with Crippen LogP contribution in [0, 0.1) is 0 Å². The normalized spacial score (nSPS) is 23.8. The Morgan fingerprint density at radius 1 is 1.00 bits per heavy atom. The molecule has 2 unspecified atom stereocenters. The summed E-state index contributed by atoms with van der Waals surface area (Å²) in [4.78, 5) is 2.65. The molecule has 1 aliphatic carbocycles. The van der Waals surface area contributed by atoms with Crippen molar-refractivity contribution in [3.8, 4) is 0 Å². The first-order chi connectivity index (χ1) is 10.2. The summed E-state index contributed by atoms with van der Waals surface area (Å²) in [6.07, 6.45) is 4.81. The Kier molecular flexibility index (Phi) is 2.91. The van der Waals surface area contributed by atoms with Gasteiger partial charge in [-0.1, -0.05) is 24.3 Å². The number of nitrogen functional groups attached to an aromatic ring is 1. The molecule has 2 heteroatoms. The van der Waals surface area contributed by atoms with E-state index in [1.54, 1.807) is 0 Å². The van der Waals surface area contributed by atoms with Gasteiger partial charge in [-0.15, -0.1) is 0 Å². The van der Waals surface area contributed by atoms with Crippen molar-refractivity contribution in [1.29, 1.82) is 0 Å². The number of nitrogens with two attached hydrogens (primary N) is 1. The minimum absolute atomic E-state index is 0.511. The molecule has 2 atom stereocenters. The molecule has 4 rings (SSSR count). The lowest BCUT2D eigenvalue weighted by atomic mass is 9.93. The van der Waals surface area contributed by atoms with Crippen molar-refractivity contribution in [3.05, 3.63) is 59.2 Å². The van der Waals surface area contributed by atoms with Crippen LogP contribution in [0.3, 0.4) is 0 Å². The summed E-state index contributed by atoms with van der Waals surface area (Å²) in [5, 5.41) is 0. The second kappa shape index (κ2) is 4.80. The zero-order chi connectivity index (χ0) is 14.4. The molecule has 0 amide bonds. The van der Waals surface area contributed by atoms with Crippen LogP contribution in [-0.4, -0.2) is 6.04 Å². The highest BCUT2D eigenvalue weighted by Gasteiger charge is 2.33. The minimum atomic E-state index is 0.511. The molecule has 1 aliphatic heterocycles. The Balaban J connectivity index is 1.78. The van der Waals surface area contributed by atoms with Gasteiger partial charge in [0.2, 0.25) is 0 Å². The van der Waals surface area contributed by atoms with Gasteiger partial charge in [-0.05, 0) is 67.5 Å². The van der Waals surface area contributed by atoms with Gasteiger partial charge >= 0.3 is 0 Å². The van der Waals surface area contributed by atoms with Crippen LogP contribution in [0.25, 0.3) is 0 Å². The van der Waals surface area contributed by atoms with Crippen LogP contribution >= 0.6 is 0 Å². The fourth-order valence-corrected chi connectivity index (χ4v) is 4.09. The molecule has 2 nitrogen and oxygen atoms in total. The number of aryl methyl sites for hydroxylation is 2. The Bertz CT molecular complexity index is 677. The SMILES string of the molecule is CC1CCc2ccccc2N1C1CCc2cc(N)ccc21. The van der Waals surface area contributed by atoms with Crippen LogP contribution in [-0.2, 0) is 12.8 Å². The zero-order valence-electron chi connectivity index (χ0n) is 12.5. The van der Waals surface area contributed by atoms with Crippen molar-refractivity contribution in [1.82, 2.24) is 0 Å². The fourth-order valence-electron chi connectivity index (χ4n) is 4.09. The van der Waals surface area contributed by atoms with Crippen molar-refractivity contribution < 1.29 is 0 Å². The van der Waals surface area contributed by atoms with E-state index in [4.69, 9.17) is 5.73 Å². The summed E-state index contributed by atoms with van der Waals surface area (Å²) in [6.45, 7) is 2.37. The average molecular weight is 278 g/mol. The number of hydrogen-bond donors (Lipinski definition) is 1. The van der Waals surface area contributed by atoms with Crippen molar-refractivity contribution >= 4 is 11.4 Å². The molecule has 0 fully saturated rings. The van der Waals surface area contributed by atoms with Crippen molar-refractivity contribution in [2.75, 3.05) is 10.6 Å². The van der Waals surface area contributed by atoms with E-state index < -0.39 is 0 Å². The number of nitrogens with zero attached hydrogens (tertiary/aromatic N) is 1. The maximum Gasteiger partial charge on any atom is 0.0551 e. The molecule has 0 aromatic heterocycles. The first-order valence-electron chi connectivity index (χ1n) is 7.98. The number of benzene rings is 2. The predicted octanol–water partition coefficient (Wildman–Crippen LogP) is 4.10. The third kappa shape index (κ3) is 2.01. The lowest BCUT2D eigenvalue weighted by Crippen LogP contribution is -2.39. The molecule has 2 N–H and O–H groups in total. The molecule has 0 radical (unpaired) electrons. The Morgan fingerprint density at radius 3 is 2.71 bits per heavy atom. The van der Waals surface area contributed by atoms with E-state index in [9.17, 15) is 0 Å². The van der Waals surface area contributed by atoms with Gasteiger partial charge in [0.05, 0.1) is 6.04 Å². The second-order valence-corrected chi connectivity index (χ2v) is 6.44. The molecule has 21 heavy (non-hydrogen) atoms. The van der Waals surface area contributed by atoms with Crippen LogP contribution in [0.1, 0.15) is 42.5 Å². The largest absolute Gasteiger partial charge is 0.399 e. The van der Waals surface area contributed by atoms with Gasteiger partial charge in [-0.25, -0.2) is 0 Å². The number of fused-ring (bicyclic) bond motifs is 2. The maximum atomic E-state index is 5.94. The van der Waals surface area contributed by atoms with Crippen molar-refractivity contribution in [2.45, 2.75) is 44.7 Å². The topological polar surface area (TPSA) is 29.3 Å². The zero-order valence-corrected chi connectivity index (χ0v) is 12.5. The molecule has 2 aromatic carbocycles. The van der Waals surface area contributed by atoms with E-state index in [2.05, 4.69) is 54.3 Å². The number of anilines is 2. The van der Waals surface area contributed by atoms with Gasteiger partial charge in [0.1, 0.15) is 0 Å². The van der Waals surface area contributed by atoms with Crippen molar-refractivity contribution in [3.63, 3.8) is 0 Å². The van der Waals surface area contributed by atoms with Gasteiger partial charge in [0.15, 0.2) is 0 Å². The quantitative estimate of drug-likeness (QED) is 0.796. The Hall–Kier alpha value is -1.96. The first kappa shape index (κ1) is 12.8. The summed E-state index contributed by atoms with van der Waals surface area (Å²) in [6, 6.07) is 16.5. The number of para-hydroxylation sites is 1. The number of hydrogen-bond acceptors (Lipinski definition) is 2. The molecule has 0 saturated carbocycles. The second-order valence-electron chi connectivity index (χ2n) is 6.44. The van der Waals surface area contributed by atoms with E-state index in [1.807, 2.05) is 0 Å². The summed E-state index contributed by atoms with van der Waals surface area (Å²) in [7, 11) is 0. The third-order valence-corrected chi connectivity index (χ3v) is 5.13. The van der Waals surface area contributed by atoms with Crippen LogP contribution in [0.4, 0.5) is 11.4 Å². The standard InChI is InChI=1S/C19H22N2/c1-13-6-7-14-4-2-3-5-18(14)21(13)19-11-8-15-12-16(20)9-10-17(15)19/h2-5,9-10,12-13,19H,6-8,11,20H2,1H3. The summed E-state index contributed by atoms with van der Waals surface area (Å²) < 4.78 is 0. The third-order valence-electron chi connectivity index (χ3n) is 5.13. The molecular weight excluding hydrogens is 256 g/mol. The smallest absolute Gasteiger partial charge is 0.0551 e. The van der Waals surface area contributed by atoms with Gasteiger partial charge in [0, 0.05) is 17.4 Å². The highest BCUT2D eigenvalue weighted by atomic mass is 15.2. The van der Waals surface area contributed by atoms with Crippen molar-refractivity contribution in [2.24, 2.45) is 0 Å². The Labute approximate surface area is 126 Å². The molecule has 0 saturated heterocycles. The van der Waals surface area contributed by atoms with E-state index in [1.165, 1.54) is 41.6 Å². The van der Waals surface area contributed by atoms with E-state index >= 15 is 0 Å². The summed E-state index contributed by atoms with van der Waals surface area (Å²) in [5.74, 6) is 0. The molecular formula is C19H22N2. The number of rotatable bonds is 1. The maximum absolute atomic E-state index is 5.94. The van der Waals surface area contributed by atoms with Gasteiger partial charge in [-0.2, -0.15) is 0 Å². The molecule has 2 aromatic rings. The van der Waals surface area contributed by atoms with Crippen LogP contribution in [0.5, 0.6) is 0 Å². The summed E-state index contributed by atoms with van der Waals surface area (Å²) in [5.41, 5.74) is 12.7. The minimum Gasteiger partial charge on any atom is -0.399 e. The molecule has 0 spiro atoms. The highest BCUT2D eigenvalue weighted by molar-refractivity contribution is 5.60. The first-order valence-corrected chi connectivity index (χ1v) is 7.98. The molecule has 0 bridgehead atoms. The fraction of sp³-hybridized carbons (Fsp3) is 0.368. The lowest BCUT2D eigenvalue weighted by Gasteiger charge is -2.42. The van der Waals surface area contributed by atoms with Gasteiger partial charge in [0.25, 0.3) is 0 Å². The lowest BCUT2D eigenvalue weighted by molar-refractivity contribution is 0.491. The Morgan fingerprint density at radius 2 is 1.81 bits per heavy atom. The van der Waals surface area contributed by atoms with Crippen LogP contribution in [0.15, 0.2) is 42.5 Å².